The van der Waals surface area contributed by atoms with Crippen LogP contribution in [0.25, 0.3) is 0 Å². The van der Waals surface area contributed by atoms with Crippen LogP contribution in [-0.2, 0) is 0 Å². The summed E-state index contributed by atoms with van der Waals surface area (Å²) in [7, 11) is 0. The molecule has 0 N–H and O–H groups in total. The lowest BCUT2D eigenvalue weighted by Crippen LogP contribution is -2.33. The maximum Gasteiger partial charge on any atom is 0.237 e. The number of imidazole rings is 1. The molecule has 0 fully saturated rings. The Kier molecular flexibility index (Phi) is 3.36. The molecule has 0 radical (unpaired) electrons. The molecule has 1 rings (SSSR count). The Balaban J connectivity index is 2.86. The average molecular weight is 220 g/mol. The van der Waals surface area contributed by atoms with Crippen molar-refractivity contribution in [3.63, 3.8) is 0 Å². The summed E-state index contributed by atoms with van der Waals surface area (Å²) in [6.45, 7) is 11.9. The monoisotopic (exact) mass is 220 g/mol. The number of carbonyl (C=O) groups excluding carboxylic acids is 1. The third-order valence-corrected chi connectivity index (χ3v) is 2.77. The van der Waals surface area contributed by atoms with Crippen molar-refractivity contribution in [2.75, 3.05) is 0 Å². The van der Waals surface area contributed by atoms with Gasteiger partial charge in [-0.15, -0.1) is 6.58 Å². The first-order valence-corrected chi connectivity index (χ1v) is 5.45. The van der Waals surface area contributed by atoms with E-state index in [9.17, 15) is 4.79 Å². The molecular weight excluding hydrogens is 200 g/mol. The van der Waals surface area contributed by atoms with Crippen molar-refractivity contribution in [1.82, 2.24) is 9.55 Å². The first-order chi connectivity index (χ1) is 7.28. The third kappa shape index (κ3) is 2.81. The van der Waals surface area contributed by atoms with Gasteiger partial charge in [0.25, 0.3) is 0 Å². The number of aromatic nitrogens is 2. The minimum atomic E-state index is -0.418. The second-order valence-electron chi connectivity index (χ2n) is 5.53. The fourth-order valence-corrected chi connectivity index (χ4v) is 2.02. The van der Waals surface area contributed by atoms with Gasteiger partial charge in [0.15, 0.2) is 0 Å². The fraction of sp³-hybridized carbons (Fsp3) is 0.538. The quantitative estimate of drug-likeness (QED) is 0.730. The molecule has 0 saturated carbocycles. The molecule has 0 spiro atoms. The summed E-state index contributed by atoms with van der Waals surface area (Å²) < 4.78 is 1.54. The van der Waals surface area contributed by atoms with Crippen LogP contribution in [0, 0.1) is 10.8 Å². The number of rotatable bonds is 4. The highest BCUT2D eigenvalue weighted by molar-refractivity contribution is 5.84. The second kappa shape index (κ2) is 4.24. The number of hydrogen-bond donors (Lipinski definition) is 0. The molecule has 1 aromatic rings. The molecule has 1 heterocycles. The van der Waals surface area contributed by atoms with Crippen LogP contribution in [0.1, 0.15) is 38.9 Å². The van der Waals surface area contributed by atoms with Crippen molar-refractivity contribution in [1.29, 1.82) is 0 Å². The summed E-state index contributed by atoms with van der Waals surface area (Å²) in [4.78, 5) is 16.1. The van der Waals surface area contributed by atoms with Crippen LogP contribution in [-0.4, -0.2) is 15.5 Å². The highest BCUT2D eigenvalue weighted by Crippen LogP contribution is 2.35. The zero-order valence-corrected chi connectivity index (χ0v) is 10.5. The van der Waals surface area contributed by atoms with Gasteiger partial charge in [-0.3, -0.25) is 9.36 Å². The molecule has 0 aliphatic carbocycles. The van der Waals surface area contributed by atoms with Crippen molar-refractivity contribution in [3.05, 3.63) is 31.4 Å². The van der Waals surface area contributed by atoms with Gasteiger partial charge in [0.2, 0.25) is 5.91 Å². The summed E-state index contributed by atoms with van der Waals surface area (Å²) in [5.41, 5.74) is -0.460. The lowest BCUT2D eigenvalue weighted by atomic mass is 9.74. The van der Waals surface area contributed by atoms with Crippen molar-refractivity contribution in [2.45, 2.75) is 34.1 Å². The maximum atomic E-state index is 12.2. The normalized spacial score (nSPS) is 12.5. The summed E-state index contributed by atoms with van der Waals surface area (Å²) >= 11 is 0. The van der Waals surface area contributed by atoms with E-state index < -0.39 is 5.41 Å². The Labute approximate surface area is 97.2 Å². The lowest BCUT2D eigenvalue weighted by Gasteiger charge is -2.31. The van der Waals surface area contributed by atoms with Gasteiger partial charge in [0.1, 0.15) is 6.33 Å². The van der Waals surface area contributed by atoms with E-state index >= 15 is 0 Å². The minimum absolute atomic E-state index is 0.0419. The fourth-order valence-electron chi connectivity index (χ4n) is 2.02. The van der Waals surface area contributed by atoms with Crippen LogP contribution >= 0.6 is 0 Å². The highest BCUT2D eigenvalue weighted by atomic mass is 16.2. The minimum Gasteiger partial charge on any atom is -0.276 e. The standard InChI is InChI=1S/C13H20N2O/c1-6-12(2,3)9-13(4,5)11(16)15-8-7-14-10-15/h6-8,10H,1,9H2,2-5H3. The van der Waals surface area contributed by atoms with Crippen molar-refractivity contribution in [3.8, 4) is 0 Å². The van der Waals surface area contributed by atoms with Gasteiger partial charge >= 0.3 is 0 Å². The Morgan fingerprint density at radius 2 is 2.06 bits per heavy atom. The summed E-state index contributed by atoms with van der Waals surface area (Å²) in [5, 5.41) is 0. The van der Waals surface area contributed by atoms with E-state index in [1.54, 1.807) is 23.3 Å². The van der Waals surface area contributed by atoms with Crippen LogP contribution in [0.5, 0.6) is 0 Å². The van der Waals surface area contributed by atoms with Crippen LogP contribution in [0.4, 0.5) is 0 Å². The van der Waals surface area contributed by atoms with Gasteiger partial charge in [-0.1, -0.05) is 33.8 Å². The highest BCUT2D eigenvalue weighted by Gasteiger charge is 2.34. The smallest absolute Gasteiger partial charge is 0.237 e. The van der Waals surface area contributed by atoms with E-state index in [1.165, 1.54) is 0 Å². The van der Waals surface area contributed by atoms with Gasteiger partial charge in [-0.05, 0) is 11.8 Å². The molecule has 0 atom stereocenters. The SMILES string of the molecule is C=CC(C)(C)CC(C)(C)C(=O)n1ccnc1. The Morgan fingerprint density at radius 3 is 2.50 bits per heavy atom. The predicted molar refractivity (Wildman–Crippen MR) is 65.2 cm³/mol. The van der Waals surface area contributed by atoms with Crippen molar-refractivity contribution >= 4 is 5.91 Å². The van der Waals surface area contributed by atoms with Gasteiger partial charge in [-0.2, -0.15) is 0 Å². The maximum absolute atomic E-state index is 12.2. The van der Waals surface area contributed by atoms with Gasteiger partial charge in [-0.25, -0.2) is 4.98 Å². The first-order valence-electron chi connectivity index (χ1n) is 5.45. The molecule has 88 valence electrons. The molecule has 0 bridgehead atoms. The summed E-state index contributed by atoms with van der Waals surface area (Å²) in [6.07, 6.45) is 7.51. The molecule has 1 aromatic heterocycles. The van der Waals surface area contributed by atoms with E-state index in [1.807, 2.05) is 19.9 Å². The van der Waals surface area contributed by atoms with E-state index in [2.05, 4.69) is 25.4 Å². The largest absolute Gasteiger partial charge is 0.276 e. The number of carbonyl (C=O) groups is 1. The van der Waals surface area contributed by atoms with E-state index in [-0.39, 0.29) is 11.3 Å². The third-order valence-electron chi connectivity index (χ3n) is 2.77. The van der Waals surface area contributed by atoms with E-state index in [0.29, 0.717) is 0 Å². The van der Waals surface area contributed by atoms with Crippen molar-refractivity contribution in [2.24, 2.45) is 10.8 Å². The Morgan fingerprint density at radius 1 is 1.44 bits per heavy atom. The van der Waals surface area contributed by atoms with E-state index in [0.717, 1.165) is 6.42 Å². The number of hydrogen-bond acceptors (Lipinski definition) is 2. The van der Waals surface area contributed by atoms with Gasteiger partial charge in [0.05, 0.1) is 0 Å². The molecule has 0 aromatic carbocycles. The topological polar surface area (TPSA) is 34.9 Å². The number of allylic oxidation sites excluding steroid dienone is 1. The Bertz CT molecular complexity index is 375. The zero-order valence-electron chi connectivity index (χ0n) is 10.5. The van der Waals surface area contributed by atoms with Gasteiger partial charge < -0.3 is 0 Å². The first kappa shape index (κ1) is 12.7. The molecular formula is C13H20N2O. The molecule has 0 aliphatic rings. The molecule has 0 amide bonds. The molecule has 3 nitrogen and oxygen atoms in total. The average Bonchev–Trinajstić information content (AvgIpc) is 2.67. The second-order valence-corrected chi connectivity index (χ2v) is 5.53. The van der Waals surface area contributed by atoms with Crippen LogP contribution in [0.15, 0.2) is 31.4 Å². The van der Waals surface area contributed by atoms with Crippen molar-refractivity contribution < 1.29 is 4.79 Å². The van der Waals surface area contributed by atoms with Crippen LogP contribution in [0.3, 0.4) is 0 Å². The molecule has 0 unspecified atom stereocenters. The van der Waals surface area contributed by atoms with Crippen LogP contribution in [0.2, 0.25) is 0 Å². The van der Waals surface area contributed by atoms with E-state index in [4.69, 9.17) is 0 Å². The predicted octanol–water partition coefficient (Wildman–Crippen LogP) is 3.15. The molecule has 16 heavy (non-hydrogen) atoms. The van der Waals surface area contributed by atoms with Crippen LogP contribution < -0.4 is 0 Å². The molecule has 0 saturated heterocycles. The van der Waals surface area contributed by atoms with Gasteiger partial charge in [0, 0.05) is 17.8 Å². The summed E-state index contributed by atoms with van der Waals surface area (Å²) in [5.74, 6) is 0.0694. The molecule has 3 heteroatoms. The zero-order chi connectivity index (χ0) is 12.4. The molecule has 0 aliphatic heterocycles. The number of nitrogens with zero attached hydrogens (tertiary/aromatic N) is 2. The lowest BCUT2D eigenvalue weighted by molar-refractivity contribution is 0.0689. The summed E-state index contributed by atoms with van der Waals surface area (Å²) in [6, 6.07) is 0. The Hall–Kier alpha value is -1.38.